The molecule has 5 rings (SSSR count). The monoisotopic (exact) mass is 470 g/mol. The molecule has 1 fully saturated rings. The topological polar surface area (TPSA) is 54.0 Å². The van der Waals surface area contributed by atoms with Gasteiger partial charge in [0.05, 0.1) is 26.4 Å². The van der Waals surface area contributed by atoms with Gasteiger partial charge < -0.3 is 9.64 Å². The molecule has 4 aromatic rings. The molecule has 0 atom stereocenters. The van der Waals surface area contributed by atoms with E-state index in [1.54, 1.807) is 5.01 Å². The third kappa shape index (κ3) is 4.01. The zero-order valence-electron chi connectivity index (χ0n) is 20.9. The van der Waals surface area contributed by atoms with E-state index in [1.165, 1.54) is 23.9 Å². The Balaban J connectivity index is 1.64. The predicted octanol–water partition coefficient (Wildman–Crippen LogP) is 4.16. The number of aryl methyl sites for hydroxylation is 2. The molecule has 1 aliphatic heterocycles. The zero-order valence-corrected chi connectivity index (χ0v) is 20.9. The average Bonchev–Trinajstić information content (AvgIpc) is 3.49. The van der Waals surface area contributed by atoms with Gasteiger partial charge in [-0.3, -0.25) is 5.01 Å². The quantitative estimate of drug-likeness (QED) is 0.184. The van der Waals surface area contributed by atoms with E-state index in [2.05, 4.69) is 35.2 Å². The Hall–Kier alpha value is -3.87. The molecule has 0 N–H and O–H groups in total. The van der Waals surface area contributed by atoms with Gasteiger partial charge in [-0.25, -0.2) is 13.9 Å². The molecule has 1 aromatic heterocycles. The normalized spacial score (nSPS) is 14.2. The van der Waals surface area contributed by atoms with Crippen molar-refractivity contribution in [3.63, 3.8) is 0 Å². The van der Waals surface area contributed by atoms with Crippen molar-refractivity contribution in [2.24, 2.45) is 19.2 Å². The number of para-hydroxylation sites is 2. The summed E-state index contributed by atoms with van der Waals surface area (Å²) in [6, 6.07) is 20.8. The molecule has 0 saturated carbocycles. The van der Waals surface area contributed by atoms with Crippen molar-refractivity contribution in [3.05, 3.63) is 66.5 Å². The Labute approximate surface area is 205 Å². The highest BCUT2D eigenvalue weighted by Crippen LogP contribution is 2.35. The van der Waals surface area contributed by atoms with E-state index >= 15 is 0 Å². The lowest BCUT2D eigenvalue weighted by Gasteiger charge is -2.23. The first-order valence-corrected chi connectivity index (χ1v) is 12.2. The van der Waals surface area contributed by atoms with Crippen molar-refractivity contribution < 1.29 is 14.1 Å². The first-order valence-electron chi connectivity index (χ1n) is 12.2. The lowest BCUT2D eigenvalue weighted by molar-refractivity contribution is -0.646. The maximum absolute atomic E-state index is 13.2. The SMILES string of the molecule is CCOC(=O)/C(=N\N(C)c1ccc(N2CCCC2)c2ccccc12)c1n(C)c2ccccc2[n+]1C. The summed E-state index contributed by atoms with van der Waals surface area (Å²) in [6.45, 7) is 4.26. The van der Waals surface area contributed by atoms with Crippen molar-refractivity contribution >= 4 is 44.9 Å². The largest absolute Gasteiger partial charge is 0.461 e. The molecule has 3 aromatic carbocycles. The summed E-state index contributed by atoms with van der Waals surface area (Å²) in [7, 11) is 5.79. The molecule has 0 radical (unpaired) electrons. The highest BCUT2D eigenvalue weighted by atomic mass is 16.5. The molecular formula is C28H32N5O2+. The summed E-state index contributed by atoms with van der Waals surface area (Å²) >= 11 is 0. The first-order chi connectivity index (χ1) is 17.0. The number of rotatable bonds is 6. The highest BCUT2D eigenvalue weighted by molar-refractivity contribution is 6.42. The lowest BCUT2D eigenvalue weighted by Crippen LogP contribution is -2.40. The number of carbonyl (C=O) groups is 1. The molecule has 0 bridgehead atoms. The standard InChI is InChI=1S/C28H32N5O2/c1-5-35-28(34)26(27-30(2)24-14-8-9-15-25(24)31(27)3)29-32(4)22-16-17-23(33-18-10-11-19-33)21-13-7-6-12-20(21)22/h6-9,12-17H,5,10-11,18-19H2,1-4H3/q+1. The first kappa shape index (κ1) is 22.9. The van der Waals surface area contributed by atoms with Gasteiger partial charge in [-0.1, -0.05) is 36.4 Å². The number of imidazole rings is 1. The number of nitrogens with zero attached hydrogens (tertiary/aromatic N) is 5. The number of carbonyl (C=O) groups excluding carboxylic acids is 1. The van der Waals surface area contributed by atoms with E-state index in [0.717, 1.165) is 35.2 Å². The fourth-order valence-corrected chi connectivity index (χ4v) is 5.17. The number of anilines is 2. The van der Waals surface area contributed by atoms with Gasteiger partial charge in [0.25, 0.3) is 5.71 Å². The Bertz CT molecular complexity index is 1390. The Kier molecular flexibility index (Phi) is 6.16. The van der Waals surface area contributed by atoms with Gasteiger partial charge >= 0.3 is 11.8 Å². The van der Waals surface area contributed by atoms with Crippen molar-refractivity contribution in [1.82, 2.24) is 4.57 Å². The molecule has 35 heavy (non-hydrogen) atoms. The summed E-state index contributed by atoms with van der Waals surface area (Å²) in [5.74, 6) is 0.244. The van der Waals surface area contributed by atoms with E-state index in [1.807, 2.05) is 67.5 Å². The van der Waals surface area contributed by atoms with Crippen LogP contribution in [0.4, 0.5) is 11.4 Å². The number of esters is 1. The number of aromatic nitrogens is 2. The average molecular weight is 471 g/mol. The number of hydrazone groups is 1. The lowest BCUT2D eigenvalue weighted by atomic mass is 10.1. The molecule has 180 valence electrons. The van der Waals surface area contributed by atoms with Crippen LogP contribution in [0.2, 0.25) is 0 Å². The molecule has 7 nitrogen and oxygen atoms in total. The van der Waals surface area contributed by atoms with Crippen LogP contribution in [-0.4, -0.2) is 43.0 Å². The molecule has 0 unspecified atom stereocenters. The van der Waals surface area contributed by atoms with Gasteiger partial charge in [0.1, 0.15) is 0 Å². The summed E-state index contributed by atoms with van der Waals surface area (Å²) in [5.41, 5.74) is 4.50. The fourth-order valence-electron chi connectivity index (χ4n) is 5.17. The minimum absolute atomic E-state index is 0.267. The molecule has 0 aliphatic carbocycles. The maximum Gasteiger partial charge on any atom is 0.367 e. The van der Waals surface area contributed by atoms with Crippen LogP contribution in [0.3, 0.4) is 0 Å². The third-order valence-corrected chi connectivity index (χ3v) is 6.84. The van der Waals surface area contributed by atoms with Crippen LogP contribution >= 0.6 is 0 Å². The van der Waals surface area contributed by atoms with Gasteiger partial charge in [0.15, 0.2) is 11.0 Å². The molecule has 1 aliphatic rings. The van der Waals surface area contributed by atoms with E-state index in [-0.39, 0.29) is 12.3 Å². The number of benzene rings is 3. The van der Waals surface area contributed by atoms with E-state index in [4.69, 9.17) is 9.84 Å². The molecule has 0 amide bonds. The van der Waals surface area contributed by atoms with Crippen LogP contribution in [0.5, 0.6) is 0 Å². The van der Waals surface area contributed by atoms with Gasteiger partial charge in [0, 0.05) is 36.6 Å². The van der Waals surface area contributed by atoms with Crippen LogP contribution < -0.4 is 14.5 Å². The summed E-state index contributed by atoms with van der Waals surface area (Å²) < 4.78 is 9.43. The summed E-state index contributed by atoms with van der Waals surface area (Å²) in [4.78, 5) is 15.6. The van der Waals surface area contributed by atoms with E-state index in [0.29, 0.717) is 5.82 Å². The molecule has 2 heterocycles. The zero-order chi connectivity index (χ0) is 24.5. The second-order valence-electron chi connectivity index (χ2n) is 8.97. The van der Waals surface area contributed by atoms with Gasteiger partial charge in [0.2, 0.25) is 0 Å². The minimum Gasteiger partial charge on any atom is -0.461 e. The number of ether oxygens (including phenoxy) is 1. The van der Waals surface area contributed by atoms with Crippen LogP contribution in [0, 0.1) is 0 Å². The van der Waals surface area contributed by atoms with Crippen molar-refractivity contribution in [3.8, 4) is 0 Å². The third-order valence-electron chi connectivity index (χ3n) is 6.84. The summed E-state index contributed by atoms with van der Waals surface area (Å²) in [6.07, 6.45) is 2.45. The van der Waals surface area contributed by atoms with E-state index in [9.17, 15) is 4.79 Å². The second kappa shape index (κ2) is 9.41. The Morgan fingerprint density at radius 1 is 1.03 bits per heavy atom. The smallest absolute Gasteiger partial charge is 0.367 e. The maximum atomic E-state index is 13.2. The predicted molar refractivity (Wildman–Crippen MR) is 141 cm³/mol. The molecule has 1 saturated heterocycles. The van der Waals surface area contributed by atoms with Gasteiger partial charge in [-0.05, 0) is 44.0 Å². The number of hydrogen-bond donors (Lipinski definition) is 0. The Morgan fingerprint density at radius 2 is 1.71 bits per heavy atom. The molecular weight excluding hydrogens is 438 g/mol. The minimum atomic E-state index is -0.446. The van der Waals surface area contributed by atoms with Crippen LogP contribution in [0.1, 0.15) is 25.6 Å². The number of fused-ring (bicyclic) bond motifs is 2. The van der Waals surface area contributed by atoms with Crippen molar-refractivity contribution in [2.75, 3.05) is 36.7 Å². The van der Waals surface area contributed by atoms with Crippen LogP contribution in [0.25, 0.3) is 21.8 Å². The summed E-state index contributed by atoms with van der Waals surface area (Å²) in [5, 5.41) is 8.94. The van der Waals surface area contributed by atoms with Crippen molar-refractivity contribution in [1.29, 1.82) is 0 Å². The van der Waals surface area contributed by atoms with Crippen LogP contribution in [0.15, 0.2) is 65.8 Å². The van der Waals surface area contributed by atoms with Gasteiger partial charge in [-0.2, -0.15) is 5.10 Å². The Morgan fingerprint density at radius 3 is 2.43 bits per heavy atom. The fraction of sp³-hybridized carbons (Fsp3) is 0.321. The second-order valence-corrected chi connectivity index (χ2v) is 8.97. The number of hydrogen-bond acceptors (Lipinski definition) is 5. The van der Waals surface area contributed by atoms with Crippen LogP contribution in [-0.2, 0) is 23.6 Å². The highest BCUT2D eigenvalue weighted by Gasteiger charge is 2.32. The van der Waals surface area contributed by atoms with E-state index < -0.39 is 5.97 Å². The van der Waals surface area contributed by atoms with Crippen molar-refractivity contribution in [2.45, 2.75) is 19.8 Å². The molecule has 7 heteroatoms. The molecule has 0 spiro atoms. The van der Waals surface area contributed by atoms with Gasteiger partial charge in [-0.15, -0.1) is 0 Å².